The number of hydrogen-bond donors (Lipinski definition) is 2. The van der Waals surface area contributed by atoms with Gasteiger partial charge in [0.05, 0.1) is 31.4 Å². The van der Waals surface area contributed by atoms with Gasteiger partial charge < -0.3 is 10.2 Å². The summed E-state index contributed by atoms with van der Waals surface area (Å²) in [6.07, 6.45) is -0.0991. The minimum atomic E-state index is -1.03. The summed E-state index contributed by atoms with van der Waals surface area (Å²) in [5.74, 6) is -1.74. The largest absolute Gasteiger partial charge is 0.506 e. The molecule has 3 rings (SSSR count). The van der Waals surface area contributed by atoms with E-state index in [9.17, 15) is 14.7 Å². The average molecular weight is 429 g/mol. The number of aliphatic hydroxyl groups excluding tert-OH is 1. The molecular weight excluding hydrogens is 418 g/mol. The maximum absolute atomic E-state index is 12.9. The van der Waals surface area contributed by atoms with Crippen molar-refractivity contribution in [3.05, 3.63) is 54.0 Å². The molecule has 0 aromatic carbocycles. The van der Waals surface area contributed by atoms with E-state index >= 15 is 0 Å². The first-order valence-corrected chi connectivity index (χ1v) is 8.90. The van der Waals surface area contributed by atoms with Gasteiger partial charge in [-0.25, -0.2) is 0 Å². The van der Waals surface area contributed by atoms with E-state index in [4.69, 9.17) is 16.7 Å². The molecule has 1 aliphatic heterocycles. The number of hydrogen-bond acceptors (Lipinski definition) is 5. The van der Waals surface area contributed by atoms with Crippen LogP contribution in [0.1, 0.15) is 29.4 Å². The number of ketones is 1. The van der Waals surface area contributed by atoms with E-state index in [0.29, 0.717) is 27.4 Å². The Bertz CT molecular complexity index is 907. The van der Waals surface area contributed by atoms with Crippen LogP contribution in [-0.2, 0) is 4.79 Å². The first kappa shape index (κ1) is 17.1. The van der Waals surface area contributed by atoms with E-state index in [1.807, 2.05) is 0 Å². The molecule has 0 saturated heterocycles. The summed E-state index contributed by atoms with van der Waals surface area (Å²) in [5, 5.41) is 19.7. The van der Waals surface area contributed by atoms with Crippen molar-refractivity contribution in [1.82, 2.24) is 0 Å². The Balaban J connectivity index is 2.20. The second kappa shape index (κ2) is 6.31. The van der Waals surface area contributed by atoms with Crippen molar-refractivity contribution in [2.45, 2.75) is 19.8 Å². The SMILES string of the molecule is CC1=C(CC(=O)O)C2=C(C(=O)c3ccc(Br)s3)C(O)=C(Cl)CC2=N1. The summed E-state index contributed by atoms with van der Waals surface area (Å²) < 4.78 is 0.777. The molecule has 0 unspecified atom stereocenters. The summed E-state index contributed by atoms with van der Waals surface area (Å²) in [7, 11) is 0. The minimum Gasteiger partial charge on any atom is -0.506 e. The van der Waals surface area contributed by atoms with Crippen LogP contribution in [0.15, 0.2) is 54.1 Å². The number of nitrogens with zero attached hydrogens (tertiary/aromatic N) is 1. The fourth-order valence-electron chi connectivity index (χ4n) is 2.74. The Hall–Kier alpha value is -1.70. The van der Waals surface area contributed by atoms with Crippen LogP contribution in [0, 0.1) is 0 Å². The molecule has 0 radical (unpaired) electrons. The molecule has 1 aliphatic carbocycles. The zero-order valence-electron chi connectivity index (χ0n) is 12.4. The molecular formula is C16H11BrClNO4S. The van der Waals surface area contributed by atoms with Gasteiger partial charge >= 0.3 is 5.97 Å². The highest BCUT2D eigenvalue weighted by atomic mass is 79.9. The van der Waals surface area contributed by atoms with Gasteiger partial charge in [-0.05, 0) is 40.6 Å². The molecule has 0 amide bonds. The standard InChI is InChI=1S/C16H11BrClNO4S/c1-6-7(4-12(20)21)13-9(19-6)5-8(18)15(22)14(13)16(23)10-2-3-11(17)24-10/h2-3,22H,4-5H2,1H3,(H,20,21). The highest BCUT2D eigenvalue weighted by Crippen LogP contribution is 2.41. The number of carbonyl (C=O) groups excluding carboxylic acids is 1. The molecule has 2 heterocycles. The van der Waals surface area contributed by atoms with E-state index in [2.05, 4.69) is 20.9 Å². The number of aliphatic carboxylic acids is 1. The lowest BCUT2D eigenvalue weighted by molar-refractivity contribution is -0.136. The Labute approximate surface area is 154 Å². The fraction of sp³-hybridized carbons (Fsp3) is 0.188. The molecule has 0 spiro atoms. The van der Waals surface area contributed by atoms with Crippen molar-refractivity contribution in [2.24, 2.45) is 4.99 Å². The number of thiophene rings is 1. The third-order valence-electron chi connectivity index (χ3n) is 3.75. The lowest BCUT2D eigenvalue weighted by atomic mass is 9.86. The van der Waals surface area contributed by atoms with Gasteiger partial charge in [0.2, 0.25) is 5.78 Å². The van der Waals surface area contributed by atoms with Gasteiger partial charge in [-0.2, -0.15) is 0 Å². The maximum Gasteiger partial charge on any atom is 0.307 e. The molecule has 0 saturated carbocycles. The normalized spacial score (nSPS) is 17.4. The molecule has 2 N–H and O–H groups in total. The molecule has 1 aromatic rings. The Morgan fingerprint density at radius 3 is 2.71 bits per heavy atom. The van der Waals surface area contributed by atoms with Gasteiger partial charge in [0.1, 0.15) is 5.76 Å². The third-order valence-corrected chi connectivity index (χ3v) is 5.68. The van der Waals surface area contributed by atoms with Crippen LogP contribution in [0.5, 0.6) is 0 Å². The van der Waals surface area contributed by atoms with Gasteiger partial charge in [0.25, 0.3) is 0 Å². The fourth-order valence-corrected chi connectivity index (χ4v) is 4.29. The first-order valence-electron chi connectivity index (χ1n) is 6.91. The highest BCUT2D eigenvalue weighted by Gasteiger charge is 2.36. The van der Waals surface area contributed by atoms with Crippen LogP contribution >= 0.6 is 38.9 Å². The number of Topliss-reactive ketones (excluding diaryl/α,β-unsaturated/α-hetero) is 1. The molecule has 124 valence electrons. The molecule has 0 fully saturated rings. The Morgan fingerprint density at radius 2 is 2.12 bits per heavy atom. The summed E-state index contributed by atoms with van der Waals surface area (Å²) in [6, 6.07) is 3.37. The van der Waals surface area contributed by atoms with Crippen LogP contribution < -0.4 is 0 Å². The maximum atomic E-state index is 12.9. The second-order valence-corrected chi connectivity index (χ2v) is 8.23. The lowest BCUT2D eigenvalue weighted by Gasteiger charge is -2.19. The van der Waals surface area contributed by atoms with Crippen molar-refractivity contribution in [2.75, 3.05) is 0 Å². The van der Waals surface area contributed by atoms with E-state index in [1.54, 1.807) is 19.1 Å². The predicted octanol–water partition coefficient (Wildman–Crippen LogP) is 4.61. The van der Waals surface area contributed by atoms with E-state index in [0.717, 1.165) is 3.79 Å². The van der Waals surface area contributed by atoms with Crippen LogP contribution in [0.25, 0.3) is 0 Å². The van der Waals surface area contributed by atoms with Crippen molar-refractivity contribution in [1.29, 1.82) is 0 Å². The van der Waals surface area contributed by atoms with E-state index in [-0.39, 0.29) is 29.2 Å². The number of aliphatic hydroxyl groups is 1. The number of aliphatic imine (C=N–C) groups is 1. The highest BCUT2D eigenvalue weighted by molar-refractivity contribution is 9.11. The van der Waals surface area contributed by atoms with Gasteiger partial charge in [-0.1, -0.05) is 11.6 Å². The van der Waals surface area contributed by atoms with Crippen molar-refractivity contribution in [3.8, 4) is 0 Å². The second-order valence-electron chi connectivity index (χ2n) is 5.31. The quantitative estimate of drug-likeness (QED) is 0.686. The number of carbonyl (C=O) groups is 2. The van der Waals surface area contributed by atoms with E-state index in [1.165, 1.54) is 11.3 Å². The lowest BCUT2D eigenvalue weighted by Crippen LogP contribution is -2.19. The van der Waals surface area contributed by atoms with Crippen LogP contribution in [0.4, 0.5) is 0 Å². The smallest absolute Gasteiger partial charge is 0.307 e. The third kappa shape index (κ3) is 2.87. The average Bonchev–Trinajstić information content (AvgIpc) is 3.05. The van der Waals surface area contributed by atoms with Crippen LogP contribution in [-0.4, -0.2) is 27.7 Å². The Morgan fingerprint density at radius 1 is 1.42 bits per heavy atom. The van der Waals surface area contributed by atoms with Gasteiger partial charge in [0, 0.05) is 17.7 Å². The molecule has 24 heavy (non-hydrogen) atoms. The summed E-state index contributed by atoms with van der Waals surface area (Å²) in [4.78, 5) is 28.8. The number of carboxylic acids is 1. The topological polar surface area (TPSA) is 87.0 Å². The minimum absolute atomic E-state index is 0.0208. The molecule has 1 aromatic heterocycles. The zero-order chi connectivity index (χ0) is 17.6. The molecule has 0 bridgehead atoms. The number of rotatable bonds is 4. The van der Waals surface area contributed by atoms with Gasteiger partial charge in [-0.15, -0.1) is 11.3 Å². The van der Waals surface area contributed by atoms with Gasteiger partial charge in [-0.3, -0.25) is 14.6 Å². The zero-order valence-corrected chi connectivity index (χ0v) is 15.5. The number of halogens is 2. The first-order chi connectivity index (χ1) is 11.3. The summed E-state index contributed by atoms with van der Waals surface area (Å²) >= 11 is 10.6. The number of allylic oxidation sites excluding steroid dienone is 4. The van der Waals surface area contributed by atoms with E-state index < -0.39 is 11.8 Å². The summed E-state index contributed by atoms with van der Waals surface area (Å²) in [5.41, 5.74) is 1.90. The molecule has 2 aliphatic rings. The van der Waals surface area contributed by atoms with Crippen molar-refractivity contribution >= 4 is 56.3 Å². The van der Waals surface area contributed by atoms with Crippen LogP contribution in [0.3, 0.4) is 0 Å². The monoisotopic (exact) mass is 427 g/mol. The molecule has 5 nitrogen and oxygen atoms in total. The number of carboxylic acid groups (broad SMARTS) is 1. The van der Waals surface area contributed by atoms with Crippen molar-refractivity contribution < 1.29 is 19.8 Å². The summed E-state index contributed by atoms with van der Waals surface area (Å²) in [6.45, 7) is 1.69. The molecule has 8 heteroatoms. The van der Waals surface area contributed by atoms with Crippen LogP contribution in [0.2, 0.25) is 0 Å². The van der Waals surface area contributed by atoms with Crippen molar-refractivity contribution in [3.63, 3.8) is 0 Å². The van der Waals surface area contributed by atoms with Gasteiger partial charge in [0.15, 0.2) is 0 Å². The molecule has 0 atom stereocenters. The number of fused-ring (bicyclic) bond motifs is 1. The predicted molar refractivity (Wildman–Crippen MR) is 95.9 cm³/mol. The Kier molecular flexibility index (Phi) is 4.50.